The molecule has 0 bridgehead atoms. The van der Waals surface area contributed by atoms with Gasteiger partial charge in [-0.1, -0.05) is 75.2 Å². The molecule has 2 aliphatic carbocycles. The molecule has 0 aromatic heterocycles. The minimum absolute atomic E-state index is 0.0629. The highest BCUT2D eigenvalue weighted by Gasteiger charge is 2.47. The minimum atomic E-state index is -0.416. The maximum Gasteiger partial charge on any atom is 0.163 e. The summed E-state index contributed by atoms with van der Waals surface area (Å²) in [6.07, 6.45) is 2.23. The summed E-state index contributed by atoms with van der Waals surface area (Å²) in [4.78, 5) is 26.9. The van der Waals surface area contributed by atoms with Crippen molar-refractivity contribution in [3.05, 3.63) is 86.3 Å². The number of ketones is 2. The topological polar surface area (TPSA) is 52.6 Å². The van der Waals surface area contributed by atoms with Crippen LogP contribution in [0.2, 0.25) is 10.0 Å². The van der Waals surface area contributed by atoms with E-state index in [1.54, 1.807) is 18.2 Å². The van der Waals surface area contributed by atoms with Gasteiger partial charge in [-0.2, -0.15) is 0 Å². The van der Waals surface area contributed by atoms with Crippen LogP contribution < -0.4 is 4.74 Å². The highest BCUT2D eigenvalue weighted by atomic mass is 35.5. The first-order valence-corrected chi connectivity index (χ1v) is 13.1. The Morgan fingerprint density at radius 1 is 0.833 bits per heavy atom. The van der Waals surface area contributed by atoms with Gasteiger partial charge < -0.3 is 9.47 Å². The quantitative estimate of drug-likeness (QED) is 0.406. The SMILES string of the molecule is CC1(C)CC(=O)C2=C(C1)OC1=C(C(=O)CC(C)(C)C1)C2c1cccc(COc2ccc(Cl)c(Cl)c2)c1. The van der Waals surface area contributed by atoms with Crippen molar-refractivity contribution in [1.29, 1.82) is 0 Å². The van der Waals surface area contributed by atoms with Gasteiger partial charge in [-0.25, -0.2) is 0 Å². The van der Waals surface area contributed by atoms with Gasteiger partial charge in [0.1, 0.15) is 23.9 Å². The summed E-state index contributed by atoms with van der Waals surface area (Å²) in [5, 5.41) is 0.904. The van der Waals surface area contributed by atoms with Crippen molar-refractivity contribution >= 4 is 34.8 Å². The number of allylic oxidation sites excluding steroid dienone is 4. The first-order chi connectivity index (χ1) is 16.9. The highest BCUT2D eigenvalue weighted by Crippen LogP contribution is 2.53. The van der Waals surface area contributed by atoms with E-state index in [2.05, 4.69) is 27.7 Å². The van der Waals surface area contributed by atoms with Gasteiger partial charge >= 0.3 is 0 Å². The zero-order valence-electron chi connectivity index (χ0n) is 21.0. The Morgan fingerprint density at radius 2 is 1.44 bits per heavy atom. The summed E-state index contributed by atoms with van der Waals surface area (Å²) in [6, 6.07) is 13.1. The van der Waals surface area contributed by atoms with Crippen molar-refractivity contribution < 1.29 is 19.1 Å². The van der Waals surface area contributed by atoms with Crippen LogP contribution in [0.15, 0.2) is 65.1 Å². The normalized spacial score (nSPS) is 21.2. The van der Waals surface area contributed by atoms with Crippen LogP contribution in [0.1, 0.15) is 70.4 Å². The van der Waals surface area contributed by atoms with Gasteiger partial charge in [0.05, 0.1) is 10.0 Å². The molecule has 188 valence electrons. The van der Waals surface area contributed by atoms with Gasteiger partial charge in [0.25, 0.3) is 0 Å². The van der Waals surface area contributed by atoms with E-state index in [0.29, 0.717) is 59.2 Å². The summed E-state index contributed by atoms with van der Waals surface area (Å²) in [5.41, 5.74) is 2.77. The second kappa shape index (κ2) is 9.08. The third-order valence-corrected chi connectivity index (χ3v) is 7.90. The zero-order valence-corrected chi connectivity index (χ0v) is 22.6. The Hall–Kier alpha value is -2.56. The lowest BCUT2D eigenvalue weighted by Gasteiger charge is -2.42. The van der Waals surface area contributed by atoms with Gasteiger partial charge in [-0.05, 0) is 34.1 Å². The largest absolute Gasteiger partial charge is 0.489 e. The molecule has 0 spiro atoms. The van der Waals surface area contributed by atoms with Crippen molar-refractivity contribution in [3.8, 4) is 5.75 Å². The van der Waals surface area contributed by atoms with E-state index in [-0.39, 0.29) is 22.4 Å². The van der Waals surface area contributed by atoms with Crippen LogP contribution >= 0.6 is 23.2 Å². The number of hydrogen-bond acceptors (Lipinski definition) is 4. The smallest absolute Gasteiger partial charge is 0.163 e. The Labute approximate surface area is 222 Å². The molecular formula is C30H30Cl2O4. The molecule has 5 rings (SSSR count). The Morgan fingerprint density at radius 3 is 2.03 bits per heavy atom. The summed E-state index contributed by atoms with van der Waals surface area (Å²) in [7, 11) is 0. The molecule has 0 fully saturated rings. The Kier molecular flexibility index (Phi) is 6.33. The van der Waals surface area contributed by atoms with Crippen LogP contribution in [0.3, 0.4) is 0 Å². The average molecular weight is 525 g/mol. The number of carbonyl (C=O) groups excluding carboxylic acids is 2. The van der Waals surface area contributed by atoms with E-state index in [1.165, 1.54) is 0 Å². The predicted molar refractivity (Wildman–Crippen MR) is 141 cm³/mol. The summed E-state index contributed by atoms with van der Waals surface area (Å²) < 4.78 is 12.3. The van der Waals surface area contributed by atoms with Gasteiger partial charge in [-0.15, -0.1) is 0 Å². The molecule has 4 nitrogen and oxygen atoms in total. The van der Waals surface area contributed by atoms with Crippen LogP contribution in [0.25, 0.3) is 0 Å². The van der Waals surface area contributed by atoms with E-state index in [0.717, 1.165) is 22.6 Å². The molecule has 36 heavy (non-hydrogen) atoms. The van der Waals surface area contributed by atoms with Gasteiger partial charge in [0, 0.05) is 48.8 Å². The summed E-state index contributed by atoms with van der Waals surface area (Å²) in [5.74, 6) is 1.78. The number of carbonyl (C=O) groups is 2. The van der Waals surface area contributed by atoms with E-state index < -0.39 is 5.92 Å². The fraction of sp³-hybridized carbons (Fsp3) is 0.400. The Bertz CT molecular complexity index is 1280. The second-order valence-electron chi connectivity index (χ2n) is 11.7. The van der Waals surface area contributed by atoms with Crippen molar-refractivity contribution in [2.75, 3.05) is 0 Å². The molecule has 0 atom stereocenters. The molecule has 0 unspecified atom stereocenters. The minimum Gasteiger partial charge on any atom is -0.489 e. The fourth-order valence-corrected chi connectivity index (χ4v) is 5.89. The van der Waals surface area contributed by atoms with Crippen LogP contribution in [0, 0.1) is 10.8 Å². The molecule has 1 heterocycles. The lowest BCUT2D eigenvalue weighted by molar-refractivity contribution is -0.120. The molecule has 0 radical (unpaired) electrons. The highest BCUT2D eigenvalue weighted by molar-refractivity contribution is 6.42. The third-order valence-electron chi connectivity index (χ3n) is 7.16. The van der Waals surface area contributed by atoms with Crippen LogP contribution in [-0.4, -0.2) is 11.6 Å². The molecule has 1 aliphatic heterocycles. The first kappa shape index (κ1) is 25.1. The number of benzene rings is 2. The van der Waals surface area contributed by atoms with Crippen molar-refractivity contribution in [2.24, 2.45) is 10.8 Å². The number of rotatable bonds is 4. The van der Waals surface area contributed by atoms with Crippen LogP contribution in [0.4, 0.5) is 0 Å². The molecular weight excluding hydrogens is 495 g/mol. The second-order valence-corrected chi connectivity index (χ2v) is 12.5. The standard InChI is InChI=1S/C30H30Cl2O4/c1-29(2)12-22(33)27-24(14-29)36-25-15-30(3,4)13-23(34)28(25)26(27)18-7-5-6-17(10-18)16-35-19-8-9-20(31)21(32)11-19/h5-11,26H,12-16H2,1-4H3. The Balaban J connectivity index is 1.53. The van der Waals surface area contributed by atoms with Crippen molar-refractivity contribution in [3.63, 3.8) is 0 Å². The van der Waals surface area contributed by atoms with Gasteiger partial charge in [-0.3, -0.25) is 9.59 Å². The molecule has 0 N–H and O–H groups in total. The number of hydrogen-bond donors (Lipinski definition) is 0. The molecule has 0 amide bonds. The van der Waals surface area contributed by atoms with E-state index in [9.17, 15) is 9.59 Å². The molecule has 3 aliphatic rings. The molecule has 2 aromatic rings. The van der Waals surface area contributed by atoms with Gasteiger partial charge in [0.2, 0.25) is 0 Å². The average Bonchev–Trinajstić information content (AvgIpc) is 2.77. The van der Waals surface area contributed by atoms with Gasteiger partial charge in [0.15, 0.2) is 11.6 Å². The van der Waals surface area contributed by atoms with Crippen molar-refractivity contribution in [1.82, 2.24) is 0 Å². The fourth-order valence-electron chi connectivity index (χ4n) is 5.60. The van der Waals surface area contributed by atoms with Crippen molar-refractivity contribution in [2.45, 2.75) is 65.9 Å². The third kappa shape index (κ3) is 4.86. The molecule has 2 aromatic carbocycles. The van der Waals surface area contributed by atoms with E-state index >= 15 is 0 Å². The molecule has 6 heteroatoms. The first-order valence-electron chi connectivity index (χ1n) is 12.3. The number of halogens is 2. The van der Waals surface area contributed by atoms with E-state index in [1.807, 2.05) is 24.3 Å². The lowest BCUT2D eigenvalue weighted by Crippen LogP contribution is -2.37. The molecule has 0 saturated carbocycles. The van der Waals surface area contributed by atoms with E-state index in [4.69, 9.17) is 32.7 Å². The monoisotopic (exact) mass is 524 g/mol. The maximum absolute atomic E-state index is 13.5. The summed E-state index contributed by atoms with van der Waals surface area (Å²) in [6.45, 7) is 8.68. The van der Waals surface area contributed by atoms with Crippen LogP contribution in [-0.2, 0) is 20.9 Å². The zero-order chi connectivity index (χ0) is 25.8. The maximum atomic E-state index is 13.5. The number of ether oxygens (including phenoxy) is 2. The summed E-state index contributed by atoms with van der Waals surface area (Å²) >= 11 is 12.1. The molecule has 0 saturated heterocycles. The lowest BCUT2D eigenvalue weighted by atomic mass is 9.65. The number of Topliss-reactive ketones (excluding diaryl/α,β-unsaturated/α-hetero) is 2. The van der Waals surface area contributed by atoms with Crippen LogP contribution in [0.5, 0.6) is 5.75 Å². The predicted octanol–water partition coefficient (Wildman–Crippen LogP) is 7.97.